The molecule has 5 amide bonds. The number of anilines is 2. The molecule has 14 nitrogen and oxygen atoms in total. The second-order valence-corrected chi connectivity index (χ2v) is 16.9. The van der Waals surface area contributed by atoms with Gasteiger partial charge >= 0.3 is 24.9 Å². The molecule has 1 aromatic heterocycles. The van der Waals surface area contributed by atoms with Gasteiger partial charge in [-0.25, -0.2) is 18.4 Å². The third-order valence-corrected chi connectivity index (χ3v) is 12.3. The maximum absolute atomic E-state index is 15.1. The lowest BCUT2D eigenvalue weighted by molar-refractivity contribution is -0.131. The summed E-state index contributed by atoms with van der Waals surface area (Å²) in [5.74, 6) is -3.03. The molecule has 0 atom stereocenters. The number of alkyl halides is 4. The normalized spacial score (nSPS) is 15.1. The highest BCUT2D eigenvalue weighted by Gasteiger charge is 2.29. The van der Waals surface area contributed by atoms with E-state index >= 15 is 8.78 Å². The lowest BCUT2D eigenvalue weighted by Gasteiger charge is -2.33. The Labute approximate surface area is 393 Å². The van der Waals surface area contributed by atoms with Crippen LogP contribution in [0.1, 0.15) is 83.5 Å². The molecule has 2 saturated heterocycles. The molecule has 0 bridgehead atoms. The highest BCUT2D eigenvalue weighted by Crippen LogP contribution is 2.34. The smallest absolute Gasteiger partial charge is 0.324 e. The van der Waals surface area contributed by atoms with Gasteiger partial charge in [-0.3, -0.25) is 19.4 Å². The number of fused-ring (bicyclic) bond motifs is 2. The molecule has 20 heteroatoms. The lowest BCUT2D eigenvalue weighted by Crippen LogP contribution is -2.45. The Morgan fingerprint density at radius 1 is 0.638 bits per heavy atom. The molecule has 0 saturated carbocycles. The average molecular weight is 962 g/mol. The second-order valence-electron chi connectivity index (χ2n) is 16.9. The number of Topliss-reactive ketones (excluding diaryl/α,β-unsaturated/α-hetero) is 1. The van der Waals surface area contributed by atoms with Gasteiger partial charge in [0.1, 0.15) is 23.1 Å². The van der Waals surface area contributed by atoms with E-state index in [0.717, 1.165) is 86.1 Å². The number of ketones is 1. The van der Waals surface area contributed by atoms with Crippen molar-refractivity contribution in [1.29, 1.82) is 0 Å². The molecule has 4 aliphatic heterocycles. The van der Waals surface area contributed by atoms with Gasteiger partial charge in [-0.15, -0.1) is 10.2 Å². The Hall–Kier alpha value is -7.12. The van der Waals surface area contributed by atoms with Gasteiger partial charge in [-0.2, -0.15) is 17.6 Å². The largest absolute Gasteiger partial charge is 0.493 e. The number of hydrogen-bond donors (Lipinski definition) is 1. The van der Waals surface area contributed by atoms with E-state index in [1.165, 1.54) is 29.2 Å². The number of halogens is 6. The van der Waals surface area contributed by atoms with E-state index in [9.17, 15) is 36.7 Å². The first-order chi connectivity index (χ1) is 33.3. The zero-order valence-electron chi connectivity index (χ0n) is 37.4. The molecular formula is C49H49F6N7O7. The van der Waals surface area contributed by atoms with Crippen molar-refractivity contribution < 1.29 is 59.4 Å². The molecule has 4 aromatic carbocycles. The summed E-state index contributed by atoms with van der Waals surface area (Å²) >= 11 is 0. The van der Waals surface area contributed by atoms with Crippen molar-refractivity contribution in [3.05, 3.63) is 118 Å². The van der Waals surface area contributed by atoms with E-state index in [0.29, 0.717) is 50.8 Å². The minimum absolute atomic E-state index is 0.00715. The fourth-order valence-corrected chi connectivity index (χ4v) is 8.52. The van der Waals surface area contributed by atoms with Crippen LogP contribution >= 0.6 is 0 Å². The zero-order valence-corrected chi connectivity index (χ0v) is 37.4. The molecule has 2 fully saturated rings. The standard InChI is InChI=1S/C25H26F3N3O4.C24H23F3N4O3/c26-20-13-16(21(32)14-29-24(33)23(27)28)4-5-18(20)15-31(25(34)30-9-2-1-3-10-30)19-6-7-22-17(12-19)8-11-35-22;25-19-13-16(22-28-29-23(34-22)21(26)27)4-5-17(19)14-31(24(32)30-9-2-1-3-10-30)18-6-7-20-15(12-18)8-11-33-20/h4-7,12-13,23H,1-3,8-11,14-15H2,(H,29,33);4-7,12-13,21H,1-3,8-11,14H2. The van der Waals surface area contributed by atoms with Gasteiger partial charge in [0.2, 0.25) is 5.89 Å². The number of amides is 5. The monoisotopic (exact) mass is 961 g/mol. The predicted molar refractivity (Wildman–Crippen MR) is 240 cm³/mol. The second kappa shape index (κ2) is 21.9. The van der Waals surface area contributed by atoms with Gasteiger partial charge in [0.15, 0.2) is 5.78 Å². The number of aromatic nitrogens is 2. The minimum Gasteiger partial charge on any atom is -0.493 e. The van der Waals surface area contributed by atoms with Crippen LogP contribution in [0, 0.1) is 11.6 Å². The van der Waals surface area contributed by atoms with Gasteiger partial charge in [0.25, 0.3) is 11.8 Å². The first-order valence-corrected chi connectivity index (χ1v) is 22.7. The number of benzene rings is 4. The fraction of sp³-hybridized carbons (Fsp3) is 0.388. The van der Waals surface area contributed by atoms with Gasteiger partial charge in [-0.1, -0.05) is 18.2 Å². The number of nitrogens with one attached hydrogen (secondary N) is 1. The zero-order chi connectivity index (χ0) is 48.6. The Kier molecular flexibility index (Phi) is 15.3. The molecule has 4 aliphatic rings. The Balaban J connectivity index is 0.000000186. The highest BCUT2D eigenvalue weighted by molar-refractivity contribution is 5.99. The summed E-state index contributed by atoms with van der Waals surface area (Å²) in [5.41, 5.74) is 3.87. The van der Waals surface area contributed by atoms with Crippen molar-refractivity contribution in [1.82, 2.24) is 25.3 Å². The van der Waals surface area contributed by atoms with Crippen LogP contribution in [0.2, 0.25) is 0 Å². The van der Waals surface area contributed by atoms with Crippen molar-refractivity contribution in [3.8, 4) is 23.0 Å². The Bertz CT molecular complexity index is 2670. The number of hydrogen-bond acceptors (Lipinski definition) is 9. The van der Waals surface area contributed by atoms with Crippen LogP contribution in [0.4, 0.5) is 47.3 Å². The third kappa shape index (κ3) is 11.6. The van der Waals surface area contributed by atoms with E-state index in [4.69, 9.17) is 13.9 Å². The molecule has 0 spiro atoms. The molecule has 364 valence electrons. The van der Waals surface area contributed by atoms with Crippen molar-refractivity contribution >= 4 is 35.1 Å². The number of carbonyl (C=O) groups is 4. The van der Waals surface area contributed by atoms with Gasteiger partial charge < -0.3 is 29.0 Å². The van der Waals surface area contributed by atoms with Crippen molar-refractivity contribution in [2.45, 2.75) is 77.3 Å². The topological polar surface area (TPSA) is 151 Å². The van der Waals surface area contributed by atoms with Crippen LogP contribution < -0.4 is 24.6 Å². The number of urea groups is 2. The third-order valence-electron chi connectivity index (χ3n) is 12.3. The molecule has 5 aromatic rings. The Morgan fingerprint density at radius 2 is 1.16 bits per heavy atom. The Morgan fingerprint density at radius 3 is 1.64 bits per heavy atom. The quantitative estimate of drug-likeness (QED) is 0.0954. The predicted octanol–water partition coefficient (Wildman–Crippen LogP) is 9.30. The fourth-order valence-electron chi connectivity index (χ4n) is 8.52. The number of ether oxygens (including phenoxy) is 2. The van der Waals surface area contributed by atoms with E-state index < -0.39 is 48.6 Å². The van der Waals surface area contributed by atoms with Gasteiger partial charge in [0, 0.05) is 72.6 Å². The van der Waals surface area contributed by atoms with Crippen LogP contribution in [0.15, 0.2) is 77.2 Å². The highest BCUT2D eigenvalue weighted by atomic mass is 19.3. The molecule has 0 unspecified atom stereocenters. The number of likely N-dealkylation sites (tertiary alicyclic amines) is 2. The van der Waals surface area contributed by atoms with Crippen LogP contribution in [-0.2, 0) is 30.7 Å². The maximum atomic E-state index is 15.1. The summed E-state index contributed by atoms with van der Waals surface area (Å²) in [4.78, 5) is 56.7. The average Bonchev–Trinajstić information content (AvgIpc) is 4.17. The van der Waals surface area contributed by atoms with Crippen molar-refractivity contribution in [3.63, 3.8) is 0 Å². The van der Waals surface area contributed by atoms with Crippen LogP contribution in [0.3, 0.4) is 0 Å². The molecule has 0 aliphatic carbocycles. The summed E-state index contributed by atoms with van der Waals surface area (Å²) in [6.07, 6.45) is 1.16. The number of carbonyl (C=O) groups excluding carboxylic acids is 4. The minimum atomic E-state index is -3.24. The van der Waals surface area contributed by atoms with E-state index in [-0.39, 0.29) is 53.3 Å². The van der Waals surface area contributed by atoms with Gasteiger partial charge in [0.05, 0.1) is 32.8 Å². The molecule has 69 heavy (non-hydrogen) atoms. The summed E-state index contributed by atoms with van der Waals surface area (Å²) in [6, 6.07) is 18.5. The molecule has 0 radical (unpaired) electrons. The van der Waals surface area contributed by atoms with Crippen LogP contribution in [0.5, 0.6) is 11.5 Å². The van der Waals surface area contributed by atoms with Crippen LogP contribution in [0.25, 0.3) is 11.5 Å². The summed E-state index contributed by atoms with van der Waals surface area (Å²) in [5, 5.41) is 8.65. The van der Waals surface area contributed by atoms with E-state index in [1.54, 1.807) is 26.8 Å². The molecule has 5 heterocycles. The summed E-state index contributed by atoms with van der Waals surface area (Å²) in [7, 11) is 0. The molecule has 1 N–H and O–H groups in total. The molecule has 9 rings (SSSR count). The number of piperidine rings is 2. The molecular weight excluding hydrogens is 913 g/mol. The van der Waals surface area contributed by atoms with E-state index in [2.05, 4.69) is 10.2 Å². The lowest BCUT2D eigenvalue weighted by atomic mass is 10.1. The number of nitrogens with zero attached hydrogens (tertiary/aromatic N) is 6. The van der Waals surface area contributed by atoms with E-state index in [1.807, 2.05) is 29.6 Å². The van der Waals surface area contributed by atoms with Crippen LogP contribution in [-0.4, -0.2) is 96.1 Å². The maximum Gasteiger partial charge on any atom is 0.324 e. The number of rotatable bonds is 12. The van der Waals surface area contributed by atoms with Crippen molar-refractivity contribution in [2.75, 3.05) is 55.7 Å². The summed E-state index contributed by atoms with van der Waals surface area (Å²) < 4.78 is 96.2. The van der Waals surface area contributed by atoms with Gasteiger partial charge in [-0.05, 0) is 104 Å². The summed E-state index contributed by atoms with van der Waals surface area (Å²) in [6.45, 7) is 3.03. The SMILES string of the molecule is O=C(CNC(=O)C(F)F)c1ccc(CN(C(=O)N2CCCCC2)c2ccc3c(c2)CCO3)c(F)c1.O=C(N1CCCCC1)N(Cc1ccc(-c2nnc(C(F)F)o2)cc1F)c1ccc2c(c1)CCO2. The first-order valence-electron chi connectivity index (χ1n) is 22.7. The first kappa shape index (κ1) is 48.3. The van der Waals surface area contributed by atoms with Crippen molar-refractivity contribution in [2.24, 2.45) is 0 Å².